The van der Waals surface area contributed by atoms with Crippen molar-refractivity contribution in [2.75, 3.05) is 18.6 Å². The van der Waals surface area contributed by atoms with Crippen LogP contribution in [0.5, 0.6) is 11.5 Å². The van der Waals surface area contributed by atoms with Gasteiger partial charge in [0.2, 0.25) is 0 Å². The summed E-state index contributed by atoms with van der Waals surface area (Å²) in [7, 11) is 1.54. The van der Waals surface area contributed by atoms with Crippen molar-refractivity contribution in [1.82, 2.24) is 0 Å². The Bertz CT molecular complexity index is 1350. The average molecular weight is 605 g/mol. The number of fused-ring (bicyclic) bond motifs is 1. The van der Waals surface area contributed by atoms with Crippen LogP contribution in [0.4, 0.5) is 10.5 Å². The van der Waals surface area contributed by atoms with Gasteiger partial charge in [-0.3, -0.25) is 9.69 Å². The minimum Gasteiger partial charge on any atom is -0.506 e. The molecule has 0 spiro atoms. The van der Waals surface area contributed by atoms with E-state index >= 15 is 0 Å². The molecule has 0 saturated carbocycles. The summed E-state index contributed by atoms with van der Waals surface area (Å²) in [5, 5.41) is 11.4. The number of amides is 2. The Morgan fingerprint density at radius 1 is 0.727 bits per heavy atom. The van der Waals surface area contributed by atoms with Crippen LogP contribution in [0, 0.1) is 0 Å². The number of primary amides is 1. The van der Waals surface area contributed by atoms with Crippen LogP contribution in [0.1, 0.15) is 118 Å². The number of unbranched alkanes of at least 4 members (excludes halogenated alkanes) is 13. The highest BCUT2D eigenvalue weighted by molar-refractivity contribution is 6.08. The Labute approximate surface area is 261 Å². The zero-order valence-electron chi connectivity index (χ0n) is 26.3. The second-order valence-corrected chi connectivity index (χ2v) is 11.4. The highest BCUT2D eigenvalue weighted by atomic mass is 16.6. The van der Waals surface area contributed by atoms with E-state index in [2.05, 4.69) is 6.92 Å². The summed E-state index contributed by atoms with van der Waals surface area (Å²) < 4.78 is 10.9. The van der Waals surface area contributed by atoms with E-state index in [1.54, 1.807) is 55.6 Å². The van der Waals surface area contributed by atoms with Crippen molar-refractivity contribution in [2.45, 2.75) is 96.8 Å². The predicted octanol–water partition coefficient (Wildman–Crippen LogP) is 8.92. The summed E-state index contributed by atoms with van der Waals surface area (Å²) in [4.78, 5) is 38.2. The molecule has 3 N–H and O–H groups in total. The molecule has 0 aromatic heterocycles. The van der Waals surface area contributed by atoms with Gasteiger partial charge in [0, 0.05) is 17.8 Å². The Morgan fingerprint density at radius 2 is 1.30 bits per heavy atom. The molecule has 0 aliphatic carbocycles. The lowest BCUT2D eigenvalue weighted by Gasteiger charge is -2.19. The zero-order chi connectivity index (χ0) is 31.7. The first kappa shape index (κ1) is 34.4. The largest absolute Gasteiger partial charge is 0.506 e. The number of nitrogens with zero attached hydrogens (tertiary/aromatic N) is 1. The van der Waals surface area contributed by atoms with E-state index in [0.717, 1.165) is 19.3 Å². The second kappa shape index (κ2) is 18.6. The fourth-order valence-electron chi connectivity index (χ4n) is 5.29. The summed E-state index contributed by atoms with van der Waals surface area (Å²) in [5.41, 5.74) is 6.19. The number of hydrogen-bond acceptors (Lipinski definition) is 6. The van der Waals surface area contributed by atoms with Crippen LogP contribution >= 0.6 is 0 Å². The smallest absolute Gasteiger partial charge is 0.419 e. The molecule has 0 aliphatic heterocycles. The standard InChI is InChI=1S/C36H48N2O6/c1-3-4-5-6-7-8-9-10-11-12-13-14-15-16-26-43-35(41)27-20-22-28(23-21-27)44-36(42)38(2)32-19-17-18-30-29(32)24-25-31(33(30)39)34(37)40/h17-25,39H,3-16,26H2,1-2H3,(H2,37,40). The normalized spacial score (nSPS) is 11.0. The summed E-state index contributed by atoms with van der Waals surface area (Å²) in [6, 6.07) is 14.3. The number of nitrogens with two attached hydrogens (primary N) is 1. The molecule has 0 radical (unpaired) electrons. The van der Waals surface area contributed by atoms with E-state index in [1.807, 2.05) is 0 Å². The molecule has 0 aliphatic rings. The van der Waals surface area contributed by atoms with Crippen LogP contribution < -0.4 is 15.4 Å². The van der Waals surface area contributed by atoms with Crippen LogP contribution in [0.25, 0.3) is 10.8 Å². The quantitative estimate of drug-likeness (QED) is 0.104. The highest BCUT2D eigenvalue weighted by Gasteiger charge is 2.19. The van der Waals surface area contributed by atoms with Crippen LogP contribution in [0.3, 0.4) is 0 Å². The maximum atomic E-state index is 12.9. The van der Waals surface area contributed by atoms with Gasteiger partial charge < -0.3 is 20.3 Å². The van der Waals surface area contributed by atoms with Crippen LogP contribution in [0.15, 0.2) is 54.6 Å². The lowest BCUT2D eigenvalue weighted by molar-refractivity contribution is 0.0497. The maximum Gasteiger partial charge on any atom is 0.419 e. The topological polar surface area (TPSA) is 119 Å². The van der Waals surface area contributed by atoms with Gasteiger partial charge in [-0.1, -0.05) is 109 Å². The van der Waals surface area contributed by atoms with E-state index in [9.17, 15) is 19.5 Å². The van der Waals surface area contributed by atoms with E-state index < -0.39 is 18.0 Å². The Morgan fingerprint density at radius 3 is 1.86 bits per heavy atom. The molecular weight excluding hydrogens is 556 g/mol. The molecule has 8 nitrogen and oxygen atoms in total. The molecule has 238 valence electrons. The van der Waals surface area contributed by atoms with E-state index in [4.69, 9.17) is 15.2 Å². The van der Waals surface area contributed by atoms with Gasteiger partial charge in [0.25, 0.3) is 5.91 Å². The van der Waals surface area contributed by atoms with Crippen LogP contribution in [0.2, 0.25) is 0 Å². The van der Waals surface area contributed by atoms with Gasteiger partial charge >= 0.3 is 12.1 Å². The number of aromatic hydroxyl groups is 1. The monoisotopic (exact) mass is 604 g/mol. The van der Waals surface area contributed by atoms with Crippen molar-refractivity contribution < 1.29 is 29.0 Å². The van der Waals surface area contributed by atoms with Crippen molar-refractivity contribution in [3.8, 4) is 11.5 Å². The molecule has 8 heteroatoms. The zero-order valence-corrected chi connectivity index (χ0v) is 26.3. The number of phenols is 1. The van der Waals surface area contributed by atoms with E-state index in [-0.39, 0.29) is 17.1 Å². The molecule has 0 heterocycles. The van der Waals surface area contributed by atoms with Gasteiger partial charge in [0.05, 0.1) is 23.4 Å². The number of hydrogen-bond donors (Lipinski definition) is 2. The maximum absolute atomic E-state index is 12.9. The number of carbonyl (C=O) groups excluding carboxylic acids is 3. The van der Waals surface area contributed by atoms with Gasteiger partial charge in [0.15, 0.2) is 0 Å². The van der Waals surface area contributed by atoms with Gasteiger partial charge in [-0.25, -0.2) is 9.59 Å². The van der Waals surface area contributed by atoms with Gasteiger partial charge in [-0.15, -0.1) is 0 Å². The van der Waals surface area contributed by atoms with Gasteiger partial charge in [0.1, 0.15) is 11.5 Å². The predicted molar refractivity (Wildman–Crippen MR) is 176 cm³/mol. The number of rotatable bonds is 19. The summed E-state index contributed by atoms with van der Waals surface area (Å²) in [6.45, 7) is 2.65. The van der Waals surface area contributed by atoms with Crippen molar-refractivity contribution in [3.63, 3.8) is 0 Å². The fourth-order valence-corrected chi connectivity index (χ4v) is 5.29. The molecule has 3 rings (SSSR count). The van der Waals surface area contributed by atoms with Crippen LogP contribution in [-0.4, -0.2) is 36.7 Å². The van der Waals surface area contributed by atoms with Crippen LogP contribution in [-0.2, 0) is 4.74 Å². The summed E-state index contributed by atoms with van der Waals surface area (Å²) in [5.74, 6) is -1.12. The molecule has 0 atom stereocenters. The Balaban J connectivity index is 1.34. The fraction of sp³-hybridized carbons (Fsp3) is 0.472. The first-order valence-electron chi connectivity index (χ1n) is 16.1. The third-order valence-electron chi connectivity index (χ3n) is 7.94. The third kappa shape index (κ3) is 10.6. The van der Waals surface area contributed by atoms with Gasteiger partial charge in [-0.2, -0.15) is 0 Å². The molecule has 0 bridgehead atoms. The molecule has 0 unspecified atom stereocenters. The van der Waals surface area contributed by atoms with Crippen molar-refractivity contribution in [2.24, 2.45) is 5.73 Å². The molecule has 0 saturated heterocycles. The Hall–Kier alpha value is -4.07. The van der Waals surface area contributed by atoms with Crippen molar-refractivity contribution in [3.05, 3.63) is 65.7 Å². The molecule has 3 aromatic carbocycles. The Kier molecular flexibility index (Phi) is 14.5. The molecule has 3 aromatic rings. The molecule has 0 fully saturated rings. The first-order valence-corrected chi connectivity index (χ1v) is 16.1. The average Bonchev–Trinajstić information content (AvgIpc) is 3.02. The van der Waals surface area contributed by atoms with Crippen molar-refractivity contribution in [1.29, 1.82) is 0 Å². The third-order valence-corrected chi connectivity index (χ3v) is 7.94. The van der Waals surface area contributed by atoms with E-state index in [1.165, 1.54) is 81.6 Å². The number of anilines is 1. The number of benzene rings is 3. The molecule has 2 amide bonds. The minimum atomic E-state index is -0.746. The first-order chi connectivity index (χ1) is 21.3. The highest BCUT2D eigenvalue weighted by Crippen LogP contribution is 2.34. The molecule has 44 heavy (non-hydrogen) atoms. The lowest BCUT2D eigenvalue weighted by atomic mass is 10.0. The summed E-state index contributed by atoms with van der Waals surface area (Å²) >= 11 is 0. The lowest BCUT2D eigenvalue weighted by Crippen LogP contribution is -2.29. The molecular formula is C36H48N2O6. The minimum absolute atomic E-state index is 0.00177. The summed E-state index contributed by atoms with van der Waals surface area (Å²) in [6.07, 6.45) is 17.2. The van der Waals surface area contributed by atoms with E-state index in [0.29, 0.717) is 28.6 Å². The number of carbonyl (C=O) groups is 3. The van der Waals surface area contributed by atoms with Crippen molar-refractivity contribution >= 4 is 34.4 Å². The number of esters is 1. The van der Waals surface area contributed by atoms with Gasteiger partial charge in [-0.05, 0) is 42.8 Å². The SMILES string of the molecule is CCCCCCCCCCCCCCCCOC(=O)c1ccc(OC(=O)N(C)c2cccc3c(O)c(C(N)=O)ccc23)cc1. The second-order valence-electron chi connectivity index (χ2n) is 11.4. The number of ether oxygens (including phenoxy) is 2.